The minimum atomic E-state index is -3.62. The van der Waals surface area contributed by atoms with E-state index in [-0.39, 0.29) is 11.4 Å². The highest BCUT2D eigenvalue weighted by Gasteiger charge is 2.28. The molecule has 1 aliphatic heterocycles. The molecule has 0 aliphatic carbocycles. The summed E-state index contributed by atoms with van der Waals surface area (Å²) in [6.07, 6.45) is 3.72. The fourth-order valence-electron chi connectivity index (χ4n) is 2.35. The van der Waals surface area contributed by atoms with Gasteiger partial charge in [0.2, 0.25) is 0 Å². The molecule has 21 heavy (non-hydrogen) atoms. The third-order valence-corrected chi connectivity index (χ3v) is 5.53. The van der Waals surface area contributed by atoms with Crippen LogP contribution in [0.3, 0.4) is 0 Å². The molecule has 3 nitrogen and oxygen atoms in total. The second-order valence-electron chi connectivity index (χ2n) is 4.93. The summed E-state index contributed by atoms with van der Waals surface area (Å²) >= 11 is 6.22. The van der Waals surface area contributed by atoms with Crippen molar-refractivity contribution in [1.29, 1.82) is 0 Å². The fourth-order valence-corrected chi connectivity index (χ4v) is 4.15. The van der Waals surface area contributed by atoms with Crippen molar-refractivity contribution in [3.63, 3.8) is 0 Å². The Balaban J connectivity index is 2.14. The molecule has 0 unspecified atom stereocenters. The van der Waals surface area contributed by atoms with Crippen LogP contribution in [-0.2, 0) is 10.0 Å². The number of fused-ring (bicyclic) bond motifs is 1. The number of aryl methyl sites for hydroxylation is 1. The van der Waals surface area contributed by atoms with Gasteiger partial charge in [-0.25, -0.2) is 8.42 Å². The average Bonchev–Trinajstić information content (AvgIpc) is 2.47. The van der Waals surface area contributed by atoms with Gasteiger partial charge in [-0.2, -0.15) is 0 Å². The summed E-state index contributed by atoms with van der Waals surface area (Å²) in [4.78, 5) is 0.272. The molecular weight excluding hydrogens is 306 g/mol. The predicted octanol–water partition coefficient (Wildman–Crippen LogP) is 3.87. The quantitative estimate of drug-likeness (QED) is 0.842. The third kappa shape index (κ3) is 2.45. The number of hydrogen-bond acceptors (Lipinski definition) is 2. The van der Waals surface area contributed by atoms with Crippen LogP contribution in [0.2, 0.25) is 5.02 Å². The van der Waals surface area contributed by atoms with E-state index in [1.54, 1.807) is 30.3 Å². The molecule has 5 heteroatoms. The number of para-hydroxylation sites is 1. The van der Waals surface area contributed by atoms with Crippen molar-refractivity contribution in [3.8, 4) is 0 Å². The van der Waals surface area contributed by atoms with Gasteiger partial charge in [0.05, 0.1) is 22.2 Å². The van der Waals surface area contributed by atoms with Crippen LogP contribution in [0.4, 0.5) is 5.69 Å². The Bertz CT molecular complexity index is 811. The average molecular weight is 320 g/mol. The van der Waals surface area contributed by atoms with Gasteiger partial charge >= 0.3 is 0 Å². The molecule has 2 aromatic carbocycles. The van der Waals surface area contributed by atoms with Gasteiger partial charge in [0.25, 0.3) is 10.0 Å². The maximum atomic E-state index is 12.8. The SMILES string of the molecule is Cc1ccc(S(=O)(=O)N2CC=Cc3cccc(Cl)c32)cc1. The lowest BCUT2D eigenvalue weighted by Crippen LogP contribution is -2.33. The zero-order valence-electron chi connectivity index (χ0n) is 11.5. The van der Waals surface area contributed by atoms with Gasteiger partial charge in [0.1, 0.15) is 0 Å². The molecule has 3 rings (SSSR count). The predicted molar refractivity (Wildman–Crippen MR) is 86.2 cm³/mol. The highest BCUT2D eigenvalue weighted by Crippen LogP contribution is 2.36. The monoisotopic (exact) mass is 319 g/mol. The van der Waals surface area contributed by atoms with Crippen molar-refractivity contribution in [1.82, 2.24) is 0 Å². The Morgan fingerprint density at radius 3 is 2.52 bits per heavy atom. The number of nitrogens with zero attached hydrogens (tertiary/aromatic N) is 1. The van der Waals surface area contributed by atoms with Crippen LogP contribution in [0.25, 0.3) is 6.08 Å². The molecular formula is C16H14ClNO2S. The van der Waals surface area contributed by atoms with Gasteiger partial charge < -0.3 is 0 Å². The van der Waals surface area contributed by atoms with E-state index in [0.29, 0.717) is 10.7 Å². The summed E-state index contributed by atoms with van der Waals surface area (Å²) in [6, 6.07) is 12.2. The second-order valence-corrected chi connectivity index (χ2v) is 7.20. The van der Waals surface area contributed by atoms with Gasteiger partial charge in [0.15, 0.2) is 0 Å². The Morgan fingerprint density at radius 2 is 1.81 bits per heavy atom. The summed E-state index contributed by atoms with van der Waals surface area (Å²) in [5.41, 5.74) is 2.37. The normalized spacial score (nSPS) is 14.1. The van der Waals surface area contributed by atoms with Gasteiger partial charge in [-0.05, 0) is 25.1 Å². The van der Waals surface area contributed by atoms with Crippen LogP contribution >= 0.6 is 11.6 Å². The van der Waals surface area contributed by atoms with E-state index in [4.69, 9.17) is 11.6 Å². The van der Waals surface area contributed by atoms with Crippen molar-refractivity contribution in [3.05, 3.63) is 64.7 Å². The molecule has 1 aliphatic rings. The van der Waals surface area contributed by atoms with E-state index < -0.39 is 10.0 Å². The lowest BCUT2D eigenvalue weighted by atomic mass is 10.1. The number of benzene rings is 2. The van der Waals surface area contributed by atoms with Crippen molar-refractivity contribution in [2.75, 3.05) is 10.8 Å². The molecule has 0 atom stereocenters. The Morgan fingerprint density at radius 1 is 1.10 bits per heavy atom. The van der Waals surface area contributed by atoms with Crippen molar-refractivity contribution in [2.24, 2.45) is 0 Å². The van der Waals surface area contributed by atoms with Crippen LogP contribution in [0, 0.1) is 6.92 Å². The molecule has 0 saturated carbocycles. The van der Waals surface area contributed by atoms with Gasteiger partial charge in [0, 0.05) is 5.56 Å². The molecule has 0 spiro atoms. The van der Waals surface area contributed by atoms with Crippen molar-refractivity contribution >= 4 is 33.4 Å². The first-order chi connectivity index (χ1) is 10.00. The standard InChI is InChI=1S/C16H14ClNO2S/c1-12-7-9-14(10-8-12)21(19,20)18-11-3-5-13-4-2-6-15(17)16(13)18/h2-10H,11H2,1H3. The smallest absolute Gasteiger partial charge is 0.260 e. The van der Waals surface area contributed by atoms with Crippen LogP contribution in [-0.4, -0.2) is 15.0 Å². The lowest BCUT2D eigenvalue weighted by Gasteiger charge is -2.28. The Kier molecular flexibility index (Phi) is 3.51. The Hall–Kier alpha value is -1.78. The maximum Gasteiger partial charge on any atom is 0.264 e. The van der Waals surface area contributed by atoms with Crippen LogP contribution in [0.1, 0.15) is 11.1 Å². The molecule has 0 bridgehead atoms. The molecule has 0 amide bonds. The summed E-state index contributed by atoms with van der Waals surface area (Å²) in [6.45, 7) is 2.21. The first-order valence-corrected chi connectivity index (χ1v) is 8.36. The first-order valence-electron chi connectivity index (χ1n) is 6.54. The van der Waals surface area contributed by atoms with E-state index in [0.717, 1.165) is 11.1 Å². The Labute approximate surface area is 129 Å². The maximum absolute atomic E-state index is 12.8. The molecule has 108 valence electrons. The number of rotatable bonds is 2. The molecule has 0 aromatic heterocycles. The van der Waals surface area contributed by atoms with E-state index >= 15 is 0 Å². The van der Waals surface area contributed by atoms with E-state index in [1.807, 2.05) is 31.2 Å². The molecule has 0 saturated heterocycles. The topological polar surface area (TPSA) is 37.4 Å². The molecule has 1 heterocycles. The van der Waals surface area contributed by atoms with Crippen molar-refractivity contribution in [2.45, 2.75) is 11.8 Å². The number of halogens is 1. The molecule has 0 radical (unpaired) electrons. The zero-order valence-corrected chi connectivity index (χ0v) is 13.0. The van der Waals surface area contributed by atoms with Crippen LogP contribution in [0.15, 0.2) is 53.4 Å². The van der Waals surface area contributed by atoms with E-state index in [2.05, 4.69) is 0 Å². The van der Waals surface area contributed by atoms with Gasteiger partial charge in [-0.15, -0.1) is 0 Å². The number of anilines is 1. The second kappa shape index (κ2) is 5.20. The lowest BCUT2D eigenvalue weighted by molar-refractivity contribution is 0.592. The third-order valence-electron chi connectivity index (χ3n) is 3.45. The highest BCUT2D eigenvalue weighted by molar-refractivity contribution is 7.92. The molecule has 2 aromatic rings. The highest BCUT2D eigenvalue weighted by atomic mass is 35.5. The van der Waals surface area contributed by atoms with Gasteiger partial charge in [-0.3, -0.25) is 4.31 Å². The summed E-state index contributed by atoms with van der Waals surface area (Å²) < 4.78 is 27.1. The minimum Gasteiger partial charge on any atom is -0.260 e. The number of sulfonamides is 1. The minimum absolute atomic E-state index is 0.272. The van der Waals surface area contributed by atoms with E-state index in [9.17, 15) is 8.42 Å². The number of hydrogen-bond donors (Lipinski definition) is 0. The van der Waals surface area contributed by atoms with Crippen LogP contribution in [0.5, 0.6) is 0 Å². The van der Waals surface area contributed by atoms with Crippen LogP contribution < -0.4 is 4.31 Å². The van der Waals surface area contributed by atoms with Crippen molar-refractivity contribution < 1.29 is 8.42 Å². The summed E-state index contributed by atoms with van der Waals surface area (Å²) in [5, 5.41) is 0.438. The summed E-state index contributed by atoms with van der Waals surface area (Å²) in [5.74, 6) is 0. The fraction of sp³-hybridized carbons (Fsp3) is 0.125. The zero-order chi connectivity index (χ0) is 15.0. The summed E-state index contributed by atoms with van der Waals surface area (Å²) in [7, 11) is -3.62. The first kappa shape index (κ1) is 14.2. The van der Waals surface area contributed by atoms with E-state index in [1.165, 1.54) is 4.31 Å². The molecule has 0 N–H and O–H groups in total. The van der Waals surface area contributed by atoms with Gasteiger partial charge in [-0.1, -0.05) is 53.6 Å². The largest absolute Gasteiger partial charge is 0.264 e. The molecule has 0 fully saturated rings.